The number of rotatable bonds is 4. The summed E-state index contributed by atoms with van der Waals surface area (Å²) >= 11 is 1.42. The summed E-state index contributed by atoms with van der Waals surface area (Å²) in [7, 11) is 0. The Morgan fingerprint density at radius 2 is 2.19 bits per heavy atom. The van der Waals surface area contributed by atoms with Gasteiger partial charge in [0, 0.05) is 4.88 Å². The molecule has 0 aliphatic rings. The van der Waals surface area contributed by atoms with Crippen molar-refractivity contribution in [2.45, 2.75) is 33.2 Å². The topological polar surface area (TPSA) is 66.4 Å². The minimum atomic E-state index is -1.03. The third kappa shape index (κ3) is 2.82. The van der Waals surface area contributed by atoms with E-state index in [0.717, 1.165) is 16.9 Å². The molecule has 0 radical (unpaired) electrons. The van der Waals surface area contributed by atoms with Crippen molar-refractivity contribution in [3.63, 3.8) is 0 Å². The molecule has 4 nitrogen and oxygen atoms in total. The van der Waals surface area contributed by atoms with Gasteiger partial charge in [0.15, 0.2) is 0 Å². The first kappa shape index (κ1) is 12.7. The first-order chi connectivity index (χ1) is 7.45. The van der Waals surface area contributed by atoms with Crippen LogP contribution < -0.4 is 5.32 Å². The number of amides is 1. The van der Waals surface area contributed by atoms with Gasteiger partial charge in [-0.3, -0.25) is 9.59 Å². The fourth-order valence-corrected chi connectivity index (χ4v) is 2.33. The fraction of sp³-hybridized carbons (Fsp3) is 0.455. The Labute approximate surface area is 98.3 Å². The minimum absolute atomic E-state index is 0.317. The number of hydrogen-bond donors (Lipinski definition) is 2. The highest BCUT2D eigenvalue weighted by Gasteiger charge is 2.17. The number of thiophene rings is 1. The van der Waals surface area contributed by atoms with E-state index in [1.807, 2.05) is 13.8 Å². The van der Waals surface area contributed by atoms with Crippen molar-refractivity contribution < 1.29 is 14.7 Å². The predicted octanol–water partition coefficient (Wildman–Crippen LogP) is 1.82. The zero-order valence-electron chi connectivity index (χ0n) is 9.53. The Morgan fingerprint density at radius 3 is 2.62 bits per heavy atom. The molecule has 88 valence electrons. The van der Waals surface area contributed by atoms with Crippen molar-refractivity contribution in [3.8, 4) is 0 Å². The molecule has 1 heterocycles. The van der Waals surface area contributed by atoms with Gasteiger partial charge in [-0.2, -0.15) is 0 Å². The van der Waals surface area contributed by atoms with Gasteiger partial charge in [-0.1, -0.05) is 6.92 Å². The molecule has 1 atom stereocenters. The molecule has 0 aliphatic heterocycles. The third-order valence-electron chi connectivity index (χ3n) is 2.28. The number of carboxylic acid groups (broad SMARTS) is 1. The van der Waals surface area contributed by atoms with Gasteiger partial charge in [0.2, 0.25) is 0 Å². The molecular weight excluding hydrogens is 226 g/mol. The van der Waals surface area contributed by atoms with Crippen molar-refractivity contribution >= 4 is 23.2 Å². The maximum Gasteiger partial charge on any atom is 0.325 e. The van der Waals surface area contributed by atoms with E-state index in [1.54, 1.807) is 6.07 Å². The van der Waals surface area contributed by atoms with Gasteiger partial charge in [-0.25, -0.2) is 0 Å². The largest absolute Gasteiger partial charge is 0.480 e. The Balaban J connectivity index is 2.77. The monoisotopic (exact) mass is 241 g/mol. The second-order valence-corrected chi connectivity index (χ2v) is 4.74. The molecule has 0 aromatic carbocycles. The van der Waals surface area contributed by atoms with Crippen LogP contribution in [0.1, 0.15) is 34.0 Å². The van der Waals surface area contributed by atoms with Gasteiger partial charge in [-0.15, -0.1) is 11.3 Å². The molecule has 1 aromatic rings. The molecule has 1 rings (SSSR count). The summed E-state index contributed by atoms with van der Waals surface area (Å²) in [5.41, 5.74) is 1.08. The van der Waals surface area contributed by atoms with E-state index in [0.29, 0.717) is 4.88 Å². The molecule has 0 aliphatic carbocycles. The summed E-state index contributed by atoms with van der Waals surface area (Å²) < 4.78 is 0. The molecule has 2 N–H and O–H groups in total. The van der Waals surface area contributed by atoms with Gasteiger partial charge in [0.25, 0.3) is 5.91 Å². The zero-order chi connectivity index (χ0) is 12.3. The van der Waals surface area contributed by atoms with Crippen LogP contribution >= 0.6 is 11.3 Å². The van der Waals surface area contributed by atoms with E-state index in [-0.39, 0.29) is 5.91 Å². The van der Waals surface area contributed by atoms with E-state index in [2.05, 4.69) is 5.32 Å². The summed E-state index contributed by atoms with van der Waals surface area (Å²) in [6.45, 7) is 5.43. The van der Waals surface area contributed by atoms with Gasteiger partial charge in [0.1, 0.15) is 6.04 Å². The second-order valence-electron chi connectivity index (χ2n) is 3.60. The van der Waals surface area contributed by atoms with Crippen LogP contribution in [0, 0.1) is 6.92 Å². The lowest BCUT2D eigenvalue weighted by atomic mass is 10.2. The van der Waals surface area contributed by atoms with Crippen LogP contribution in [0.4, 0.5) is 0 Å². The molecule has 0 unspecified atom stereocenters. The highest BCUT2D eigenvalue weighted by molar-refractivity contribution is 7.14. The van der Waals surface area contributed by atoms with Crippen LogP contribution in [-0.2, 0) is 11.2 Å². The average Bonchev–Trinajstić information content (AvgIpc) is 2.59. The zero-order valence-corrected chi connectivity index (χ0v) is 10.4. The normalized spacial score (nSPS) is 12.2. The van der Waals surface area contributed by atoms with E-state index in [9.17, 15) is 9.59 Å². The first-order valence-electron chi connectivity index (χ1n) is 5.08. The van der Waals surface area contributed by atoms with Gasteiger partial charge < -0.3 is 10.4 Å². The molecule has 0 bridgehead atoms. The lowest BCUT2D eigenvalue weighted by Gasteiger charge is -2.07. The maximum absolute atomic E-state index is 11.7. The molecule has 1 amide bonds. The van der Waals surface area contributed by atoms with Crippen LogP contribution in [0.2, 0.25) is 0 Å². The Hall–Kier alpha value is -1.36. The lowest BCUT2D eigenvalue weighted by Crippen LogP contribution is -2.37. The van der Waals surface area contributed by atoms with Crippen LogP contribution in [0.15, 0.2) is 6.07 Å². The van der Waals surface area contributed by atoms with Crippen LogP contribution in [0.3, 0.4) is 0 Å². The number of nitrogens with one attached hydrogen (secondary N) is 1. The van der Waals surface area contributed by atoms with Crippen LogP contribution in [0.25, 0.3) is 0 Å². The quantitative estimate of drug-likeness (QED) is 0.845. The van der Waals surface area contributed by atoms with Crippen molar-refractivity contribution in [2.75, 3.05) is 0 Å². The standard InChI is InChI=1S/C11H15NO3S/c1-4-8-6(2)5-9(16-8)10(13)12-7(3)11(14)15/h5,7H,4H2,1-3H3,(H,12,13)(H,14,15)/t7-/m0/s1. The van der Waals surface area contributed by atoms with Gasteiger partial charge in [0.05, 0.1) is 4.88 Å². The van der Waals surface area contributed by atoms with Gasteiger partial charge >= 0.3 is 5.97 Å². The maximum atomic E-state index is 11.7. The molecule has 0 saturated carbocycles. The molecule has 0 saturated heterocycles. The highest BCUT2D eigenvalue weighted by Crippen LogP contribution is 2.22. The highest BCUT2D eigenvalue weighted by atomic mass is 32.1. The van der Waals surface area contributed by atoms with Crippen molar-refractivity contribution in [1.29, 1.82) is 0 Å². The van der Waals surface area contributed by atoms with E-state index in [1.165, 1.54) is 18.3 Å². The number of carbonyl (C=O) groups excluding carboxylic acids is 1. The lowest BCUT2D eigenvalue weighted by molar-refractivity contribution is -0.138. The van der Waals surface area contributed by atoms with E-state index >= 15 is 0 Å². The minimum Gasteiger partial charge on any atom is -0.480 e. The van der Waals surface area contributed by atoms with Crippen LogP contribution in [0.5, 0.6) is 0 Å². The molecule has 1 aromatic heterocycles. The summed E-state index contributed by atoms with van der Waals surface area (Å²) in [5.74, 6) is -1.35. The molecule has 16 heavy (non-hydrogen) atoms. The SMILES string of the molecule is CCc1sc(C(=O)N[C@@H](C)C(=O)O)cc1C. The summed E-state index contributed by atoms with van der Waals surface area (Å²) in [4.78, 5) is 24.0. The summed E-state index contributed by atoms with van der Waals surface area (Å²) in [5, 5.41) is 11.1. The molecular formula is C11H15NO3S. The number of hydrogen-bond acceptors (Lipinski definition) is 3. The fourth-order valence-electron chi connectivity index (χ4n) is 1.31. The number of carboxylic acids is 1. The van der Waals surface area contributed by atoms with E-state index in [4.69, 9.17) is 5.11 Å². The predicted molar refractivity (Wildman–Crippen MR) is 63.0 cm³/mol. The number of aryl methyl sites for hydroxylation is 2. The molecule has 0 fully saturated rings. The Bertz CT molecular complexity index is 411. The van der Waals surface area contributed by atoms with Crippen LogP contribution in [-0.4, -0.2) is 23.0 Å². The van der Waals surface area contributed by atoms with Gasteiger partial charge in [-0.05, 0) is 31.9 Å². The van der Waals surface area contributed by atoms with Crippen molar-refractivity contribution in [2.24, 2.45) is 0 Å². The smallest absolute Gasteiger partial charge is 0.325 e. The Kier molecular flexibility index (Phi) is 4.06. The van der Waals surface area contributed by atoms with E-state index < -0.39 is 12.0 Å². The first-order valence-corrected chi connectivity index (χ1v) is 5.90. The summed E-state index contributed by atoms with van der Waals surface area (Å²) in [6, 6.07) is 0.938. The molecule has 5 heteroatoms. The molecule has 0 spiro atoms. The third-order valence-corrected chi connectivity index (χ3v) is 3.66. The van der Waals surface area contributed by atoms with Crippen molar-refractivity contribution in [3.05, 3.63) is 21.4 Å². The number of aliphatic carboxylic acids is 1. The Morgan fingerprint density at radius 1 is 1.56 bits per heavy atom. The number of carbonyl (C=O) groups is 2. The summed E-state index contributed by atoms with van der Waals surface area (Å²) in [6.07, 6.45) is 0.887. The second kappa shape index (κ2) is 5.12. The average molecular weight is 241 g/mol. The van der Waals surface area contributed by atoms with Crippen molar-refractivity contribution in [1.82, 2.24) is 5.32 Å².